The molecule has 0 fully saturated rings. The van der Waals surface area contributed by atoms with Gasteiger partial charge in [0.05, 0.1) is 12.8 Å². The summed E-state index contributed by atoms with van der Waals surface area (Å²) in [7, 11) is 1.43. The number of ether oxygens (including phenoxy) is 2. The van der Waals surface area contributed by atoms with Crippen molar-refractivity contribution in [3.8, 4) is 17.0 Å². The van der Waals surface area contributed by atoms with Crippen LogP contribution in [0.25, 0.3) is 11.1 Å². The summed E-state index contributed by atoms with van der Waals surface area (Å²) in [6.07, 6.45) is -0.441. The Morgan fingerprint density at radius 1 is 1.30 bits per heavy atom. The topological polar surface area (TPSA) is 86.5 Å². The number of methoxy groups -OCH3 is 1. The highest BCUT2D eigenvalue weighted by molar-refractivity contribution is 5.72. The summed E-state index contributed by atoms with van der Waals surface area (Å²) < 4.78 is 23.9. The minimum Gasteiger partial charge on any atom is -0.480 e. The second kappa shape index (κ2) is 8.24. The van der Waals surface area contributed by atoms with Crippen molar-refractivity contribution in [1.29, 1.82) is 0 Å². The summed E-state index contributed by atoms with van der Waals surface area (Å²) in [6.45, 7) is 7.91. The lowest BCUT2D eigenvalue weighted by molar-refractivity contribution is 0.0525. The van der Waals surface area contributed by atoms with Gasteiger partial charge in [0.25, 0.3) is 0 Å². The second-order valence-electron chi connectivity index (χ2n) is 7.33. The molecule has 0 aliphatic rings. The zero-order chi connectivity index (χ0) is 20.2. The number of hydrogen-bond acceptors (Lipinski definition) is 5. The molecule has 0 aliphatic carbocycles. The van der Waals surface area contributed by atoms with Crippen LogP contribution in [0.1, 0.15) is 39.2 Å². The Labute approximate surface area is 158 Å². The first kappa shape index (κ1) is 20.5. The molecule has 7 heteroatoms. The van der Waals surface area contributed by atoms with Gasteiger partial charge in [-0.25, -0.2) is 4.79 Å². The van der Waals surface area contributed by atoms with E-state index in [1.165, 1.54) is 13.2 Å². The molecular formula is C20H26FN3O3. The summed E-state index contributed by atoms with van der Waals surface area (Å²) in [5, 5.41) is 2.77. The molecule has 1 heterocycles. The minimum absolute atomic E-state index is 0.0372. The molecule has 2 aromatic rings. The number of anilines is 1. The smallest absolute Gasteiger partial charge is 0.407 e. The van der Waals surface area contributed by atoms with Gasteiger partial charge < -0.3 is 20.5 Å². The maximum Gasteiger partial charge on any atom is 0.407 e. The van der Waals surface area contributed by atoms with Crippen LogP contribution < -0.4 is 15.8 Å². The molecule has 6 nitrogen and oxygen atoms in total. The van der Waals surface area contributed by atoms with Crippen LogP contribution in [-0.4, -0.2) is 30.3 Å². The van der Waals surface area contributed by atoms with Crippen molar-refractivity contribution in [1.82, 2.24) is 10.3 Å². The highest BCUT2D eigenvalue weighted by Crippen LogP contribution is 2.31. The zero-order valence-electron chi connectivity index (χ0n) is 16.3. The third kappa shape index (κ3) is 5.57. The van der Waals surface area contributed by atoms with E-state index in [0.29, 0.717) is 12.1 Å². The highest BCUT2D eigenvalue weighted by atomic mass is 19.1. The number of rotatable bonds is 5. The second-order valence-corrected chi connectivity index (χ2v) is 7.33. The molecule has 0 saturated carbocycles. The molecular weight excluding hydrogens is 349 g/mol. The number of benzene rings is 1. The van der Waals surface area contributed by atoms with Crippen molar-refractivity contribution in [3.63, 3.8) is 0 Å². The Morgan fingerprint density at radius 2 is 1.93 bits per heavy atom. The molecule has 1 unspecified atom stereocenters. The Bertz CT molecular complexity index is 801. The van der Waals surface area contributed by atoms with Gasteiger partial charge in [-0.1, -0.05) is 31.2 Å². The fraction of sp³-hybridized carbons (Fsp3) is 0.400. The average molecular weight is 375 g/mol. The van der Waals surface area contributed by atoms with Crippen LogP contribution in [-0.2, 0) is 4.74 Å². The van der Waals surface area contributed by atoms with E-state index in [-0.39, 0.29) is 17.5 Å². The van der Waals surface area contributed by atoms with Gasteiger partial charge >= 0.3 is 6.09 Å². The van der Waals surface area contributed by atoms with Crippen molar-refractivity contribution in [2.24, 2.45) is 0 Å². The molecule has 0 bridgehead atoms. The van der Waals surface area contributed by atoms with Gasteiger partial charge in [0, 0.05) is 12.1 Å². The van der Waals surface area contributed by atoms with Crippen LogP contribution in [0, 0.1) is 5.95 Å². The van der Waals surface area contributed by atoms with Gasteiger partial charge in [0.1, 0.15) is 5.60 Å². The molecule has 146 valence electrons. The van der Waals surface area contributed by atoms with Gasteiger partial charge in [-0.05, 0) is 43.9 Å². The van der Waals surface area contributed by atoms with E-state index in [2.05, 4.69) is 10.3 Å². The Hall–Kier alpha value is -2.83. The first-order valence-corrected chi connectivity index (χ1v) is 8.68. The van der Waals surface area contributed by atoms with Gasteiger partial charge in [0.2, 0.25) is 11.8 Å². The largest absolute Gasteiger partial charge is 0.480 e. The quantitative estimate of drug-likeness (QED) is 0.768. The lowest BCUT2D eigenvalue weighted by Gasteiger charge is -2.21. The summed E-state index contributed by atoms with van der Waals surface area (Å²) in [5.41, 5.74) is 7.52. The van der Waals surface area contributed by atoms with Crippen molar-refractivity contribution in [2.75, 3.05) is 19.4 Å². The molecule has 3 N–H and O–H groups in total. The number of aromatic nitrogens is 1. The highest BCUT2D eigenvalue weighted by Gasteiger charge is 2.17. The minimum atomic E-state index is -0.756. The first-order valence-electron chi connectivity index (χ1n) is 8.68. The van der Waals surface area contributed by atoms with Crippen LogP contribution in [0.15, 0.2) is 30.3 Å². The molecule has 0 aliphatic heterocycles. The van der Waals surface area contributed by atoms with Crippen molar-refractivity contribution in [3.05, 3.63) is 41.8 Å². The number of carbonyl (C=O) groups is 1. The Balaban J connectivity index is 2.09. The first-order chi connectivity index (χ1) is 12.6. The molecule has 1 aromatic carbocycles. The molecule has 1 aromatic heterocycles. The summed E-state index contributed by atoms with van der Waals surface area (Å²) in [5.74, 6) is -0.493. The SMILES string of the molecule is COc1nc(F)c(N)cc1-c1ccc(C(C)CNC(=O)OC(C)(C)C)cc1. The number of alkyl carbamates (subject to hydrolysis) is 1. The van der Waals surface area contributed by atoms with Crippen molar-refractivity contribution >= 4 is 11.8 Å². The molecule has 2 rings (SSSR count). The number of halogens is 1. The van der Waals surface area contributed by atoms with Gasteiger partial charge in [-0.2, -0.15) is 9.37 Å². The zero-order valence-corrected chi connectivity index (χ0v) is 16.3. The van der Waals surface area contributed by atoms with Gasteiger partial charge in [0.15, 0.2) is 0 Å². The normalized spacial score (nSPS) is 12.4. The third-order valence-corrected chi connectivity index (χ3v) is 3.90. The Morgan fingerprint density at radius 3 is 2.48 bits per heavy atom. The monoisotopic (exact) mass is 375 g/mol. The fourth-order valence-corrected chi connectivity index (χ4v) is 2.51. The average Bonchev–Trinajstić information content (AvgIpc) is 2.60. The molecule has 0 radical (unpaired) electrons. The number of nitrogens with two attached hydrogens (primary N) is 1. The van der Waals surface area contributed by atoms with E-state index in [0.717, 1.165) is 11.1 Å². The van der Waals surface area contributed by atoms with Crippen LogP contribution >= 0.6 is 0 Å². The number of hydrogen-bond donors (Lipinski definition) is 2. The van der Waals surface area contributed by atoms with Crippen LogP contribution in [0.5, 0.6) is 5.88 Å². The summed E-state index contributed by atoms with van der Waals surface area (Å²) >= 11 is 0. The van der Waals surface area contributed by atoms with Crippen LogP contribution in [0.2, 0.25) is 0 Å². The van der Waals surface area contributed by atoms with Crippen molar-refractivity contribution in [2.45, 2.75) is 39.2 Å². The summed E-state index contributed by atoms with van der Waals surface area (Å²) in [6, 6.07) is 9.15. The molecule has 0 spiro atoms. The standard InChI is InChI=1S/C20H26FN3O3/c1-12(11-23-19(25)27-20(2,3)4)13-6-8-14(9-7-13)15-10-16(22)17(21)24-18(15)26-5/h6-10,12H,11,22H2,1-5H3,(H,23,25). The van der Waals surface area contributed by atoms with E-state index in [1.54, 1.807) is 0 Å². The van der Waals surface area contributed by atoms with Gasteiger partial charge in [-0.3, -0.25) is 0 Å². The maximum atomic E-state index is 13.5. The number of nitrogens with one attached hydrogen (secondary N) is 1. The molecule has 1 amide bonds. The molecule has 1 atom stereocenters. The molecule has 0 saturated heterocycles. The van der Waals surface area contributed by atoms with Crippen molar-refractivity contribution < 1.29 is 18.7 Å². The number of pyridine rings is 1. The van der Waals surface area contributed by atoms with E-state index in [1.807, 2.05) is 52.0 Å². The summed E-state index contributed by atoms with van der Waals surface area (Å²) in [4.78, 5) is 15.5. The number of nitrogen functional groups attached to an aromatic ring is 1. The van der Waals surface area contributed by atoms with Gasteiger partial charge in [-0.15, -0.1) is 0 Å². The number of carbonyl (C=O) groups excluding carboxylic acids is 1. The van der Waals surface area contributed by atoms with E-state index in [4.69, 9.17) is 15.2 Å². The van der Waals surface area contributed by atoms with E-state index in [9.17, 15) is 9.18 Å². The van der Waals surface area contributed by atoms with E-state index >= 15 is 0 Å². The number of amides is 1. The Kier molecular flexibility index (Phi) is 6.25. The lowest BCUT2D eigenvalue weighted by Crippen LogP contribution is -2.34. The maximum absolute atomic E-state index is 13.5. The number of nitrogens with zero attached hydrogens (tertiary/aromatic N) is 1. The predicted octanol–water partition coefficient (Wildman–Crippen LogP) is 4.11. The van der Waals surface area contributed by atoms with Crippen LogP contribution in [0.4, 0.5) is 14.9 Å². The fourth-order valence-electron chi connectivity index (χ4n) is 2.51. The lowest BCUT2D eigenvalue weighted by atomic mass is 9.97. The third-order valence-electron chi connectivity index (χ3n) is 3.90. The predicted molar refractivity (Wildman–Crippen MR) is 103 cm³/mol. The van der Waals surface area contributed by atoms with Crippen LogP contribution in [0.3, 0.4) is 0 Å². The van der Waals surface area contributed by atoms with E-state index < -0.39 is 17.6 Å². The molecule has 27 heavy (non-hydrogen) atoms.